The van der Waals surface area contributed by atoms with Gasteiger partial charge in [-0.15, -0.1) is 0 Å². The van der Waals surface area contributed by atoms with E-state index < -0.39 is 0 Å². The van der Waals surface area contributed by atoms with Crippen molar-refractivity contribution in [2.75, 3.05) is 38.2 Å². The van der Waals surface area contributed by atoms with Crippen molar-refractivity contribution in [1.29, 1.82) is 0 Å². The van der Waals surface area contributed by atoms with Gasteiger partial charge in [-0.25, -0.2) is 0 Å². The van der Waals surface area contributed by atoms with E-state index in [-0.39, 0.29) is 6.04 Å². The average Bonchev–Trinajstić information content (AvgIpc) is 3.18. The number of tetrazole rings is 1. The lowest BCUT2D eigenvalue weighted by atomic mass is 10.0. The van der Waals surface area contributed by atoms with Gasteiger partial charge in [-0.05, 0) is 35.0 Å². The Morgan fingerprint density at radius 2 is 1.78 bits per heavy atom. The fourth-order valence-corrected chi connectivity index (χ4v) is 3.25. The van der Waals surface area contributed by atoms with Gasteiger partial charge in [0.15, 0.2) is 0 Å². The highest BCUT2D eigenvalue weighted by atomic mass is 16.5. The Bertz CT molecular complexity index is 842. The van der Waals surface area contributed by atoms with Gasteiger partial charge in [-0.3, -0.25) is 4.90 Å². The number of ether oxygens (including phenoxy) is 1. The van der Waals surface area contributed by atoms with E-state index in [4.69, 9.17) is 4.74 Å². The third-order valence-corrected chi connectivity index (χ3v) is 4.80. The van der Waals surface area contributed by atoms with Crippen molar-refractivity contribution in [3.05, 3.63) is 65.7 Å². The Morgan fingerprint density at radius 1 is 1.04 bits per heavy atom. The van der Waals surface area contributed by atoms with E-state index in [9.17, 15) is 0 Å². The molecular formula is C20H24N6O. The largest absolute Gasteiger partial charge is 0.379 e. The average molecular weight is 364 g/mol. The molecule has 1 aromatic heterocycles. The lowest BCUT2D eigenvalue weighted by Crippen LogP contribution is -2.40. The number of para-hydroxylation sites is 1. The van der Waals surface area contributed by atoms with Gasteiger partial charge < -0.3 is 10.1 Å². The first-order valence-corrected chi connectivity index (χ1v) is 9.26. The van der Waals surface area contributed by atoms with Gasteiger partial charge in [-0.1, -0.05) is 53.1 Å². The zero-order chi connectivity index (χ0) is 18.5. The summed E-state index contributed by atoms with van der Waals surface area (Å²) in [5, 5.41) is 15.8. The first kappa shape index (κ1) is 17.6. The van der Waals surface area contributed by atoms with Crippen LogP contribution < -0.4 is 5.32 Å². The summed E-state index contributed by atoms with van der Waals surface area (Å²) in [6.45, 7) is 6.41. The molecule has 2 aromatic carbocycles. The molecule has 3 aromatic rings. The number of morpholine rings is 1. The first-order valence-electron chi connectivity index (χ1n) is 9.26. The molecule has 0 aliphatic carbocycles. The molecule has 0 bridgehead atoms. The van der Waals surface area contributed by atoms with Crippen molar-refractivity contribution < 1.29 is 4.74 Å². The quantitative estimate of drug-likeness (QED) is 0.725. The maximum absolute atomic E-state index is 5.49. The van der Waals surface area contributed by atoms with Crippen LogP contribution in [0.5, 0.6) is 0 Å². The topological polar surface area (TPSA) is 68.1 Å². The Balaban J connectivity index is 1.59. The molecule has 0 saturated carbocycles. The minimum Gasteiger partial charge on any atom is -0.379 e. The lowest BCUT2D eigenvalue weighted by Gasteiger charge is -2.31. The predicted molar refractivity (Wildman–Crippen MR) is 104 cm³/mol. The minimum absolute atomic E-state index is 0.0807. The maximum Gasteiger partial charge on any atom is 0.248 e. The molecule has 27 heavy (non-hydrogen) atoms. The van der Waals surface area contributed by atoms with Crippen molar-refractivity contribution in [2.24, 2.45) is 0 Å². The summed E-state index contributed by atoms with van der Waals surface area (Å²) >= 11 is 0. The monoisotopic (exact) mass is 364 g/mol. The molecule has 1 aliphatic heterocycles. The molecule has 7 heteroatoms. The summed E-state index contributed by atoms with van der Waals surface area (Å²) in [7, 11) is 0. The highest BCUT2D eigenvalue weighted by Gasteiger charge is 2.21. The summed E-state index contributed by atoms with van der Waals surface area (Å²) in [6, 6.07) is 18.6. The summed E-state index contributed by atoms with van der Waals surface area (Å²) in [4.78, 5) is 2.41. The fraction of sp³-hybridized carbons (Fsp3) is 0.350. The Morgan fingerprint density at radius 3 is 2.52 bits per heavy atom. The second-order valence-corrected chi connectivity index (χ2v) is 6.77. The van der Waals surface area contributed by atoms with E-state index in [1.54, 1.807) is 4.68 Å². The van der Waals surface area contributed by atoms with Crippen LogP contribution in [0.25, 0.3) is 5.69 Å². The van der Waals surface area contributed by atoms with Crippen LogP contribution >= 0.6 is 0 Å². The molecule has 0 amide bonds. The van der Waals surface area contributed by atoms with Gasteiger partial charge >= 0.3 is 0 Å². The molecule has 1 aliphatic rings. The molecule has 1 N–H and O–H groups in total. The van der Waals surface area contributed by atoms with Gasteiger partial charge in [0.05, 0.1) is 24.9 Å². The number of anilines is 1. The standard InChI is InChI=1S/C20H24N6O/c1-16-7-9-17(10-8-16)19(15-25-11-13-27-14-12-25)21-20-22-23-24-26(20)18-5-3-2-4-6-18/h2-10,19H,11-15H2,1H3,(H,21,22,24). The van der Waals surface area contributed by atoms with Crippen molar-refractivity contribution in [3.63, 3.8) is 0 Å². The molecule has 0 radical (unpaired) electrons. The summed E-state index contributed by atoms with van der Waals surface area (Å²) in [5.74, 6) is 0.639. The summed E-state index contributed by atoms with van der Waals surface area (Å²) < 4.78 is 7.22. The molecule has 1 fully saturated rings. The number of aromatic nitrogens is 4. The highest BCUT2D eigenvalue weighted by molar-refractivity contribution is 5.41. The molecule has 1 unspecified atom stereocenters. The molecule has 0 spiro atoms. The number of nitrogens with one attached hydrogen (secondary N) is 1. The van der Waals surface area contributed by atoms with Crippen molar-refractivity contribution >= 4 is 5.95 Å². The molecule has 140 valence electrons. The van der Waals surface area contributed by atoms with Crippen LogP contribution in [-0.4, -0.2) is 58.0 Å². The second kappa shape index (κ2) is 8.28. The first-order chi connectivity index (χ1) is 13.3. The molecule has 1 saturated heterocycles. The van der Waals surface area contributed by atoms with E-state index in [0.717, 1.165) is 38.5 Å². The van der Waals surface area contributed by atoms with Crippen LogP contribution in [0.4, 0.5) is 5.95 Å². The van der Waals surface area contributed by atoms with E-state index in [1.807, 2.05) is 30.3 Å². The van der Waals surface area contributed by atoms with E-state index in [1.165, 1.54) is 11.1 Å². The van der Waals surface area contributed by atoms with Crippen LogP contribution in [-0.2, 0) is 4.74 Å². The third-order valence-electron chi connectivity index (χ3n) is 4.80. The van der Waals surface area contributed by atoms with Crippen molar-refractivity contribution in [3.8, 4) is 5.69 Å². The number of aryl methyl sites for hydroxylation is 1. The third kappa shape index (κ3) is 4.32. The smallest absolute Gasteiger partial charge is 0.248 e. The van der Waals surface area contributed by atoms with E-state index >= 15 is 0 Å². The number of hydrogen-bond donors (Lipinski definition) is 1. The molecule has 2 heterocycles. The SMILES string of the molecule is Cc1ccc(C(CN2CCOCC2)Nc2nnnn2-c2ccccc2)cc1. The fourth-order valence-electron chi connectivity index (χ4n) is 3.25. The van der Waals surface area contributed by atoms with Crippen LogP contribution in [0.1, 0.15) is 17.2 Å². The molecule has 4 rings (SSSR count). The summed E-state index contributed by atoms with van der Waals surface area (Å²) in [5.41, 5.74) is 3.40. The van der Waals surface area contributed by atoms with Crippen LogP contribution in [0.2, 0.25) is 0 Å². The highest BCUT2D eigenvalue weighted by Crippen LogP contribution is 2.22. The minimum atomic E-state index is 0.0807. The maximum atomic E-state index is 5.49. The van der Waals surface area contributed by atoms with Crippen molar-refractivity contribution in [1.82, 2.24) is 25.1 Å². The summed E-state index contributed by atoms with van der Waals surface area (Å²) in [6.07, 6.45) is 0. The van der Waals surface area contributed by atoms with Gasteiger partial charge in [0.25, 0.3) is 0 Å². The van der Waals surface area contributed by atoms with E-state index in [2.05, 4.69) is 56.9 Å². The zero-order valence-electron chi connectivity index (χ0n) is 15.5. The predicted octanol–water partition coefficient (Wildman–Crippen LogP) is 2.46. The molecular weight excluding hydrogens is 340 g/mol. The van der Waals surface area contributed by atoms with Gasteiger partial charge in [0.1, 0.15) is 0 Å². The van der Waals surface area contributed by atoms with Crippen LogP contribution in [0, 0.1) is 6.92 Å². The number of nitrogens with zero attached hydrogens (tertiary/aromatic N) is 5. The Kier molecular flexibility index (Phi) is 5.41. The number of benzene rings is 2. The zero-order valence-corrected chi connectivity index (χ0v) is 15.5. The van der Waals surface area contributed by atoms with Crippen LogP contribution in [0.3, 0.4) is 0 Å². The molecule has 7 nitrogen and oxygen atoms in total. The van der Waals surface area contributed by atoms with Gasteiger partial charge in [0.2, 0.25) is 5.95 Å². The molecule has 1 atom stereocenters. The van der Waals surface area contributed by atoms with E-state index in [0.29, 0.717) is 5.95 Å². The number of rotatable bonds is 6. The Hall–Kier alpha value is -2.77. The number of hydrogen-bond acceptors (Lipinski definition) is 6. The van der Waals surface area contributed by atoms with Crippen LogP contribution in [0.15, 0.2) is 54.6 Å². The second-order valence-electron chi connectivity index (χ2n) is 6.77. The van der Waals surface area contributed by atoms with Gasteiger partial charge in [-0.2, -0.15) is 4.68 Å². The van der Waals surface area contributed by atoms with Crippen molar-refractivity contribution in [2.45, 2.75) is 13.0 Å². The normalized spacial score (nSPS) is 16.2. The van der Waals surface area contributed by atoms with Gasteiger partial charge in [0, 0.05) is 19.6 Å². The lowest BCUT2D eigenvalue weighted by molar-refractivity contribution is 0.0360. The Labute approximate surface area is 159 Å².